The number of carbonyl (C=O) groups is 1. The molecule has 1 aromatic rings. The number of aliphatic carboxylic acids is 1. The molecule has 1 aliphatic heterocycles. The summed E-state index contributed by atoms with van der Waals surface area (Å²) in [6.07, 6.45) is 0.330. The Morgan fingerprint density at radius 3 is 2.76 bits per heavy atom. The number of nitrogens with one attached hydrogen (secondary N) is 1. The molecule has 0 amide bonds. The lowest BCUT2D eigenvalue weighted by molar-refractivity contribution is -0.141. The van der Waals surface area contributed by atoms with E-state index in [1.807, 2.05) is 0 Å². The van der Waals surface area contributed by atoms with Crippen molar-refractivity contribution in [2.24, 2.45) is 5.92 Å². The molecule has 1 aromatic carbocycles. The molecule has 17 heavy (non-hydrogen) atoms. The summed E-state index contributed by atoms with van der Waals surface area (Å²) in [4.78, 5) is 10.8. The van der Waals surface area contributed by atoms with Gasteiger partial charge in [-0.25, -0.2) is 8.78 Å². The van der Waals surface area contributed by atoms with Gasteiger partial charge in [-0.3, -0.25) is 4.79 Å². The quantitative estimate of drug-likeness (QED) is 0.825. The molecule has 1 aliphatic rings. The van der Waals surface area contributed by atoms with Crippen LogP contribution in [-0.2, 0) is 4.79 Å². The van der Waals surface area contributed by atoms with E-state index >= 15 is 0 Å². The van der Waals surface area contributed by atoms with Crippen molar-refractivity contribution in [1.82, 2.24) is 5.32 Å². The van der Waals surface area contributed by atoms with Crippen LogP contribution in [0, 0.1) is 17.6 Å². The van der Waals surface area contributed by atoms with Crippen molar-refractivity contribution in [3.05, 3.63) is 33.8 Å². The molecular weight excluding hydrogens is 296 g/mol. The number of rotatable bonds is 2. The molecule has 6 heteroatoms. The summed E-state index contributed by atoms with van der Waals surface area (Å²) >= 11 is 3.05. The smallest absolute Gasteiger partial charge is 0.307 e. The lowest BCUT2D eigenvalue weighted by atomic mass is 10.00. The minimum atomic E-state index is -0.895. The van der Waals surface area contributed by atoms with Gasteiger partial charge in [-0.05, 0) is 34.0 Å². The van der Waals surface area contributed by atoms with E-state index in [0.717, 1.165) is 6.07 Å². The molecule has 92 valence electrons. The van der Waals surface area contributed by atoms with Crippen LogP contribution in [0.25, 0.3) is 0 Å². The second-order valence-corrected chi connectivity index (χ2v) is 4.82. The monoisotopic (exact) mass is 305 g/mol. The topological polar surface area (TPSA) is 49.3 Å². The zero-order valence-electron chi connectivity index (χ0n) is 8.71. The van der Waals surface area contributed by atoms with E-state index in [-0.39, 0.29) is 10.5 Å². The van der Waals surface area contributed by atoms with Crippen molar-refractivity contribution in [3.8, 4) is 0 Å². The number of hydrogen-bond donors (Lipinski definition) is 2. The van der Waals surface area contributed by atoms with Crippen LogP contribution in [0.2, 0.25) is 0 Å². The fourth-order valence-electron chi connectivity index (χ4n) is 1.99. The first-order chi connectivity index (χ1) is 7.99. The molecule has 2 rings (SSSR count). The van der Waals surface area contributed by atoms with Crippen molar-refractivity contribution >= 4 is 21.9 Å². The average Bonchev–Trinajstić information content (AvgIpc) is 2.72. The Morgan fingerprint density at radius 1 is 1.47 bits per heavy atom. The summed E-state index contributed by atoms with van der Waals surface area (Å²) in [5.74, 6) is -2.76. The third-order valence-electron chi connectivity index (χ3n) is 2.88. The molecule has 3 nitrogen and oxygen atoms in total. The predicted octanol–water partition coefficient (Wildman–Crippen LogP) is 2.46. The maximum absolute atomic E-state index is 13.3. The van der Waals surface area contributed by atoms with E-state index < -0.39 is 23.5 Å². The number of hydrogen-bond acceptors (Lipinski definition) is 2. The zero-order valence-corrected chi connectivity index (χ0v) is 10.3. The molecule has 1 saturated heterocycles. The maximum Gasteiger partial charge on any atom is 0.307 e. The fraction of sp³-hybridized carbons (Fsp3) is 0.364. The minimum absolute atomic E-state index is 0.183. The SMILES string of the molecule is O=C(O)C1CNC(c2cc(F)cc(F)c2Br)C1. The Morgan fingerprint density at radius 2 is 2.18 bits per heavy atom. The van der Waals surface area contributed by atoms with Gasteiger partial charge >= 0.3 is 5.97 Å². The van der Waals surface area contributed by atoms with Crippen molar-refractivity contribution in [1.29, 1.82) is 0 Å². The first kappa shape index (κ1) is 12.4. The normalized spacial score (nSPS) is 23.9. The fourth-order valence-corrected chi connectivity index (χ4v) is 2.50. The molecule has 0 bridgehead atoms. The lowest BCUT2D eigenvalue weighted by Gasteiger charge is -2.13. The molecule has 2 unspecified atom stereocenters. The average molecular weight is 306 g/mol. The molecule has 2 N–H and O–H groups in total. The van der Waals surface area contributed by atoms with Crippen LogP contribution < -0.4 is 5.32 Å². The summed E-state index contributed by atoms with van der Waals surface area (Å²) < 4.78 is 26.6. The van der Waals surface area contributed by atoms with Crippen LogP contribution in [0.15, 0.2) is 16.6 Å². The molecule has 0 aromatic heterocycles. The number of halogens is 3. The third-order valence-corrected chi connectivity index (χ3v) is 3.71. The summed E-state index contributed by atoms with van der Waals surface area (Å²) in [5.41, 5.74) is 0.422. The highest BCUT2D eigenvalue weighted by Crippen LogP contribution is 2.34. The largest absolute Gasteiger partial charge is 0.481 e. The summed E-state index contributed by atoms with van der Waals surface area (Å²) in [6, 6.07) is 1.67. The van der Waals surface area contributed by atoms with Gasteiger partial charge in [0.2, 0.25) is 0 Å². The molecule has 1 fully saturated rings. The third kappa shape index (κ3) is 2.47. The van der Waals surface area contributed by atoms with E-state index in [9.17, 15) is 13.6 Å². The van der Waals surface area contributed by atoms with Gasteiger partial charge in [0.1, 0.15) is 11.6 Å². The van der Waals surface area contributed by atoms with Gasteiger partial charge < -0.3 is 10.4 Å². The Balaban J connectivity index is 2.27. The first-order valence-electron chi connectivity index (χ1n) is 5.09. The van der Waals surface area contributed by atoms with Crippen LogP contribution in [0.4, 0.5) is 8.78 Å². The number of carboxylic acids is 1. The molecule has 0 radical (unpaired) electrons. The van der Waals surface area contributed by atoms with Crippen molar-refractivity contribution < 1.29 is 18.7 Å². The Labute approximate surface area is 105 Å². The van der Waals surface area contributed by atoms with Gasteiger partial charge in [0, 0.05) is 18.7 Å². The van der Waals surface area contributed by atoms with Gasteiger partial charge in [0.15, 0.2) is 0 Å². The van der Waals surface area contributed by atoms with Crippen LogP contribution in [0.5, 0.6) is 0 Å². The highest BCUT2D eigenvalue weighted by Gasteiger charge is 2.31. The van der Waals surface area contributed by atoms with Crippen LogP contribution in [0.3, 0.4) is 0 Å². The molecule has 2 atom stereocenters. The molecular formula is C11H10BrF2NO2. The van der Waals surface area contributed by atoms with Crippen molar-refractivity contribution in [3.63, 3.8) is 0 Å². The van der Waals surface area contributed by atoms with Crippen LogP contribution >= 0.6 is 15.9 Å². The van der Waals surface area contributed by atoms with E-state index in [2.05, 4.69) is 21.2 Å². The highest BCUT2D eigenvalue weighted by atomic mass is 79.9. The molecule has 1 heterocycles. The van der Waals surface area contributed by atoms with Gasteiger partial charge in [-0.1, -0.05) is 0 Å². The Bertz CT molecular complexity index is 467. The van der Waals surface area contributed by atoms with Gasteiger partial charge in [-0.15, -0.1) is 0 Å². The molecule has 0 saturated carbocycles. The van der Waals surface area contributed by atoms with Gasteiger partial charge in [0.05, 0.1) is 10.4 Å². The number of benzene rings is 1. The van der Waals surface area contributed by atoms with Crippen molar-refractivity contribution in [2.75, 3.05) is 6.54 Å². The van der Waals surface area contributed by atoms with Gasteiger partial charge in [0.25, 0.3) is 0 Å². The van der Waals surface area contributed by atoms with E-state index in [1.54, 1.807) is 0 Å². The molecule has 0 spiro atoms. The summed E-state index contributed by atoms with van der Waals surface area (Å²) in [7, 11) is 0. The Hall–Kier alpha value is -1.01. The minimum Gasteiger partial charge on any atom is -0.481 e. The zero-order chi connectivity index (χ0) is 12.6. The number of carboxylic acid groups (broad SMARTS) is 1. The van der Waals surface area contributed by atoms with E-state index in [0.29, 0.717) is 18.5 Å². The second kappa shape index (κ2) is 4.70. The highest BCUT2D eigenvalue weighted by molar-refractivity contribution is 9.10. The predicted molar refractivity (Wildman–Crippen MR) is 60.5 cm³/mol. The maximum atomic E-state index is 13.3. The summed E-state index contributed by atoms with van der Waals surface area (Å²) in [5, 5.41) is 11.8. The lowest BCUT2D eigenvalue weighted by Crippen LogP contribution is -2.17. The summed E-state index contributed by atoms with van der Waals surface area (Å²) in [6.45, 7) is 0.310. The first-order valence-corrected chi connectivity index (χ1v) is 5.89. The van der Waals surface area contributed by atoms with Crippen LogP contribution in [-0.4, -0.2) is 17.6 Å². The van der Waals surface area contributed by atoms with E-state index in [4.69, 9.17) is 5.11 Å². The van der Waals surface area contributed by atoms with Gasteiger partial charge in [-0.2, -0.15) is 0 Å². The molecule has 0 aliphatic carbocycles. The van der Waals surface area contributed by atoms with Crippen LogP contribution in [0.1, 0.15) is 18.0 Å². The van der Waals surface area contributed by atoms with Crippen molar-refractivity contribution in [2.45, 2.75) is 12.5 Å². The van der Waals surface area contributed by atoms with E-state index in [1.165, 1.54) is 6.07 Å². The standard InChI is InChI=1S/C11H10BrF2NO2/c12-10-7(2-6(13)3-8(10)14)9-1-5(4-15-9)11(16)17/h2-3,5,9,15H,1,4H2,(H,16,17). The second-order valence-electron chi connectivity index (χ2n) is 4.02. The Kier molecular flexibility index (Phi) is 3.44.